The van der Waals surface area contributed by atoms with Crippen LogP contribution in [0, 0.1) is 6.07 Å². The van der Waals surface area contributed by atoms with E-state index in [9.17, 15) is 0 Å². The van der Waals surface area contributed by atoms with Gasteiger partial charge >= 0.3 is 0 Å². The normalized spacial score (nSPS) is 12.0. The Bertz CT molecular complexity index is 755. The van der Waals surface area contributed by atoms with Crippen LogP contribution in [0.3, 0.4) is 0 Å². The molecule has 3 heteroatoms. The van der Waals surface area contributed by atoms with E-state index in [1.807, 2.05) is 30.5 Å². The number of rotatable bonds is 0. The molecule has 1 aliphatic heterocycles. The summed E-state index contributed by atoms with van der Waals surface area (Å²) in [5, 5.41) is 2.22. The molecule has 0 atom stereocenters. The van der Waals surface area contributed by atoms with Gasteiger partial charge in [0.05, 0.1) is 6.61 Å². The van der Waals surface area contributed by atoms with Gasteiger partial charge in [0.2, 0.25) is 0 Å². The first kappa shape index (κ1) is 12.3. The molecule has 0 saturated carbocycles. The van der Waals surface area contributed by atoms with Gasteiger partial charge in [0, 0.05) is 42.8 Å². The van der Waals surface area contributed by atoms with E-state index in [1.165, 1.54) is 0 Å². The maximum absolute atomic E-state index is 5.88. The Morgan fingerprint density at radius 1 is 1.11 bits per heavy atom. The Labute approximate surface area is 124 Å². The van der Waals surface area contributed by atoms with E-state index in [2.05, 4.69) is 29.2 Å². The monoisotopic (exact) mass is 425 g/mol. The minimum Gasteiger partial charge on any atom is -0.505 e. The van der Waals surface area contributed by atoms with E-state index in [0.717, 1.165) is 33.3 Å². The molecule has 1 aliphatic rings. The topological polar surface area (TPSA) is 22.1 Å². The van der Waals surface area contributed by atoms with Crippen molar-refractivity contribution in [3.05, 3.63) is 60.3 Å². The number of hydrogen-bond acceptors (Lipinski definition) is 2. The quantitative estimate of drug-likeness (QED) is 0.515. The summed E-state index contributed by atoms with van der Waals surface area (Å²) in [7, 11) is 0. The summed E-state index contributed by atoms with van der Waals surface area (Å²) < 4.78 is 5.88. The van der Waals surface area contributed by atoms with Crippen LogP contribution in [0.1, 0.15) is 5.56 Å². The summed E-state index contributed by atoms with van der Waals surface area (Å²) >= 11 is 0. The summed E-state index contributed by atoms with van der Waals surface area (Å²) in [6, 6.07) is 17.4. The van der Waals surface area contributed by atoms with Crippen LogP contribution >= 0.6 is 0 Å². The molecule has 4 rings (SSSR count). The third-order valence-electron chi connectivity index (χ3n) is 3.30. The fourth-order valence-electron chi connectivity index (χ4n) is 2.42. The Morgan fingerprint density at radius 2 is 2.00 bits per heavy atom. The Balaban J connectivity index is 0.00000110. The molecule has 3 aromatic rings. The number of fused-ring (bicyclic) bond motifs is 5. The van der Waals surface area contributed by atoms with Gasteiger partial charge in [-0.3, -0.25) is 0 Å². The SMILES string of the molecule is [Ir].[c-]1cccc2c1-c1ncc3ccccc3c1OC2. The van der Waals surface area contributed by atoms with Crippen LogP contribution in [0.5, 0.6) is 5.75 Å². The molecule has 0 fully saturated rings. The van der Waals surface area contributed by atoms with Crippen molar-refractivity contribution in [1.29, 1.82) is 0 Å². The molecule has 0 unspecified atom stereocenters. The minimum atomic E-state index is 0. The van der Waals surface area contributed by atoms with Gasteiger partial charge in [-0.2, -0.15) is 0 Å². The van der Waals surface area contributed by atoms with E-state index in [4.69, 9.17) is 4.74 Å². The maximum Gasteiger partial charge on any atom is 0.111 e. The zero-order valence-corrected chi connectivity index (χ0v) is 12.4. The predicted octanol–water partition coefficient (Wildman–Crippen LogP) is 3.59. The Hall–Kier alpha value is -1.70. The van der Waals surface area contributed by atoms with Gasteiger partial charge in [-0.15, -0.1) is 29.8 Å². The van der Waals surface area contributed by atoms with Crippen molar-refractivity contribution in [2.24, 2.45) is 0 Å². The van der Waals surface area contributed by atoms with Crippen LogP contribution in [0.25, 0.3) is 22.0 Å². The van der Waals surface area contributed by atoms with Crippen molar-refractivity contribution in [3.63, 3.8) is 0 Å². The fourth-order valence-corrected chi connectivity index (χ4v) is 2.42. The molecule has 1 aromatic heterocycles. The first-order valence-electron chi connectivity index (χ1n) is 5.94. The standard InChI is InChI=1S/C16H10NO.Ir/c1-4-8-14-11(5-1)9-17-15-13-7-3-2-6-12(13)10-18-16(14)15;/h1-6,8-9H,10H2;/q-1;. The molecule has 2 aromatic carbocycles. The van der Waals surface area contributed by atoms with Crippen LogP contribution in [0.2, 0.25) is 0 Å². The molecular formula is C16H10IrNO-. The van der Waals surface area contributed by atoms with Gasteiger partial charge in [-0.25, -0.2) is 0 Å². The van der Waals surface area contributed by atoms with E-state index in [0.29, 0.717) is 6.61 Å². The van der Waals surface area contributed by atoms with E-state index >= 15 is 0 Å². The van der Waals surface area contributed by atoms with Gasteiger partial charge in [0.25, 0.3) is 0 Å². The summed E-state index contributed by atoms with van der Waals surface area (Å²) in [5.41, 5.74) is 3.10. The summed E-state index contributed by atoms with van der Waals surface area (Å²) in [6.07, 6.45) is 1.90. The molecule has 2 heterocycles. The molecule has 0 amide bonds. The molecular weight excluding hydrogens is 414 g/mol. The minimum absolute atomic E-state index is 0. The third kappa shape index (κ3) is 1.86. The fraction of sp³-hybridized carbons (Fsp3) is 0.0625. The summed E-state index contributed by atoms with van der Waals surface area (Å²) in [5.74, 6) is 0.878. The van der Waals surface area contributed by atoms with Crippen molar-refractivity contribution >= 4 is 10.8 Å². The largest absolute Gasteiger partial charge is 0.505 e. The zero-order chi connectivity index (χ0) is 11.9. The molecule has 0 bridgehead atoms. The number of benzene rings is 2. The van der Waals surface area contributed by atoms with Gasteiger partial charge in [0.1, 0.15) is 5.75 Å². The van der Waals surface area contributed by atoms with E-state index in [-0.39, 0.29) is 20.1 Å². The van der Waals surface area contributed by atoms with Gasteiger partial charge < -0.3 is 9.72 Å². The van der Waals surface area contributed by atoms with Gasteiger partial charge in [0.15, 0.2) is 0 Å². The Kier molecular flexibility index (Phi) is 3.09. The van der Waals surface area contributed by atoms with E-state index in [1.54, 1.807) is 0 Å². The molecule has 0 spiro atoms. The number of pyridine rings is 1. The molecule has 0 saturated heterocycles. The van der Waals surface area contributed by atoms with Crippen LogP contribution in [-0.4, -0.2) is 4.98 Å². The molecule has 0 N–H and O–H groups in total. The van der Waals surface area contributed by atoms with Crippen molar-refractivity contribution in [3.8, 4) is 17.0 Å². The number of aromatic nitrogens is 1. The van der Waals surface area contributed by atoms with Crippen molar-refractivity contribution in [2.45, 2.75) is 6.61 Å². The second-order valence-electron chi connectivity index (χ2n) is 4.38. The predicted molar refractivity (Wildman–Crippen MR) is 70.3 cm³/mol. The van der Waals surface area contributed by atoms with Crippen molar-refractivity contribution < 1.29 is 24.8 Å². The first-order chi connectivity index (χ1) is 8.93. The van der Waals surface area contributed by atoms with Crippen LogP contribution in [0.15, 0.2) is 48.7 Å². The average molecular weight is 424 g/mol. The van der Waals surface area contributed by atoms with E-state index < -0.39 is 0 Å². The number of nitrogens with zero attached hydrogens (tertiary/aromatic N) is 1. The average Bonchev–Trinajstić information content (AvgIpc) is 2.46. The van der Waals surface area contributed by atoms with Crippen molar-refractivity contribution in [2.75, 3.05) is 0 Å². The number of ether oxygens (including phenoxy) is 1. The summed E-state index contributed by atoms with van der Waals surface area (Å²) in [6.45, 7) is 0.593. The maximum atomic E-state index is 5.88. The van der Waals surface area contributed by atoms with Gasteiger partial charge in [-0.05, 0) is 0 Å². The second-order valence-corrected chi connectivity index (χ2v) is 4.38. The zero-order valence-electron chi connectivity index (χ0n) is 10.0. The molecule has 95 valence electrons. The molecule has 1 radical (unpaired) electrons. The van der Waals surface area contributed by atoms with Crippen molar-refractivity contribution in [1.82, 2.24) is 4.98 Å². The smallest absolute Gasteiger partial charge is 0.111 e. The molecule has 0 aliphatic carbocycles. The third-order valence-corrected chi connectivity index (χ3v) is 3.30. The van der Waals surface area contributed by atoms with Crippen LogP contribution in [0.4, 0.5) is 0 Å². The Morgan fingerprint density at radius 3 is 2.95 bits per heavy atom. The van der Waals surface area contributed by atoms with Crippen LogP contribution < -0.4 is 4.74 Å². The van der Waals surface area contributed by atoms with Gasteiger partial charge in [-0.1, -0.05) is 29.8 Å². The first-order valence-corrected chi connectivity index (χ1v) is 5.94. The molecule has 2 nitrogen and oxygen atoms in total. The summed E-state index contributed by atoms with van der Waals surface area (Å²) in [4.78, 5) is 4.53. The molecule has 19 heavy (non-hydrogen) atoms. The van der Waals surface area contributed by atoms with Crippen LogP contribution in [-0.2, 0) is 26.7 Å². The second kappa shape index (κ2) is 4.76. The number of hydrogen-bond donors (Lipinski definition) is 0.